The quantitative estimate of drug-likeness (QED) is 0.471. The molecule has 0 saturated carbocycles. The third-order valence-corrected chi connectivity index (χ3v) is 1.31. The van der Waals surface area contributed by atoms with Crippen molar-refractivity contribution in [3.63, 3.8) is 0 Å². The Balaban J connectivity index is 4.77. The zero-order chi connectivity index (χ0) is 9.40. The van der Waals surface area contributed by atoms with Crippen molar-refractivity contribution in [1.29, 1.82) is 0 Å². The van der Waals surface area contributed by atoms with Gasteiger partial charge in [0.25, 0.3) is 0 Å². The first-order chi connectivity index (χ1) is 5.76. The molecule has 0 aliphatic carbocycles. The van der Waals surface area contributed by atoms with E-state index in [-0.39, 0.29) is 5.82 Å². The van der Waals surface area contributed by atoms with E-state index in [4.69, 9.17) is 0 Å². The average Bonchev–Trinajstić information content (AvgIpc) is 2.04. The summed E-state index contributed by atoms with van der Waals surface area (Å²) in [6, 6.07) is 0. The fourth-order valence-corrected chi connectivity index (χ4v) is 0.789. The van der Waals surface area contributed by atoms with E-state index < -0.39 is 0 Å². The first-order valence-corrected chi connectivity index (χ1v) is 3.61. The molecule has 0 aromatic heterocycles. The van der Waals surface area contributed by atoms with Gasteiger partial charge in [0.1, 0.15) is 0 Å². The fourth-order valence-electron chi connectivity index (χ4n) is 0.789. The number of allylic oxidation sites excluding steroid dienone is 1. The van der Waals surface area contributed by atoms with Crippen molar-refractivity contribution in [1.82, 2.24) is 0 Å². The number of carbonyl (C=O) groups excluding carboxylic acids is 2. The van der Waals surface area contributed by atoms with Gasteiger partial charge in [-0.2, -0.15) is 0 Å². The maximum Gasteiger partial charge on any atom is 0.242 e. The Morgan fingerprint density at radius 3 is 2.08 bits per heavy atom. The van der Waals surface area contributed by atoms with Crippen LogP contribution in [0.2, 0.25) is 0 Å². The first kappa shape index (κ1) is 10.5. The second kappa shape index (κ2) is 6.23. The zero-order valence-corrected chi connectivity index (χ0v) is 7.13. The number of hydrogen-bond acceptors (Lipinski definition) is 4. The van der Waals surface area contributed by atoms with Crippen LogP contribution in [0.4, 0.5) is 0 Å². The van der Waals surface area contributed by atoms with E-state index in [0.29, 0.717) is 0 Å². The maximum atomic E-state index is 9.88. The summed E-state index contributed by atoms with van der Waals surface area (Å²) >= 11 is 0. The summed E-state index contributed by atoms with van der Waals surface area (Å²) < 4.78 is 0. The Bertz CT molecular complexity index is 249. The molecule has 0 aliphatic rings. The molecule has 0 unspecified atom stereocenters. The third-order valence-electron chi connectivity index (χ3n) is 1.31. The Kier molecular flexibility index (Phi) is 5.45. The number of isocyanates is 2. The smallest absolute Gasteiger partial charge is 0.211 e. The van der Waals surface area contributed by atoms with Crippen LogP contribution in [-0.4, -0.2) is 12.2 Å². The van der Waals surface area contributed by atoms with Gasteiger partial charge < -0.3 is 0 Å². The van der Waals surface area contributed by atoms with Gasteiger partial charge in [0.2, 0.25) is 12.2 Å². The van der Waals surface area contributed by atoms with E-state index >= 15 is 0 Å². The summed E-state index contributed by atoms with van der Waals surface area (Å²) in [7, 11) is 0. The van der Waals surface area contributed by atoms with E-state index in [1.165, 1.54) is 12.2 Å². The molecule has 0 N–H and O–H groups in total. The minimum atomic E-state index is 0.127. The van der Waals surface area contributed by atoms with E-state index in [1.807, 2.05) is 6.92 Å². The first-order valence-electron chi connectivity index (χ1n) is 3.61. The van der Waals surface area contributed by atoms with E-state index in [1.54, 1.807) is 6.92 Å². The van der Waals surface area contributed by atoms with Crippen LogP contribution in [0.1, 0.15) is 26.7 Å². The third kappa shape index (κ3) is 3.62. The molecular formula is C8H10N2O2. The summed E-state index contributed by atoms with van der Waals surface area (Å²) in [5.41, 5.74) is 0.796. The lowest BCUT2D eigenvalue weighted by molar-refractivity contribution is 0.562. The molecule has 0 spiro atoms. The van der Waals surface area contributed by atoms with Gasteiger partial charge in [0.15, 0.2) is 5.82 Å². The lowest BCUT2D eigenvalue weighted by atomic mass is 10.2. The normalized spacial score (nSPS) is 7.83. The van der Waals surface area contributed by atoms with Gasteiger partial charge in [-0.3, -0.25) is 0 Å². The van der Waals surface area contributed by atoms with Gasteiger partial charge in [0.05, 0.1) is 0 Å². The molecule has 0 amide bonds. The van der Waals surface area contributed by atoms with Crippen molar-refractivity contribution in [2.24, 2.45) is 9.98 Å². The molecule has 64 valence electrons. The van der Waals surface area contributed by atoms with E-state index in [9.17, 15) is 9.59 Å². The SMILES string of the molecule is CCCC(C)=C(N=C=O)N=C=O. The summed E-state index contributed by atoms with van der Waals surface area (Å²) in [6.45, 7) is 3.75. The Morgan fingerprint density at radius 1 is 1.25 bits per heavy atom. The van der Waals surface area contributed by atoms with Gasteiger partial charge in [-0.15, -0.1) is 9.98 Å². The molecule has 12 heavy (non-hydrogen) atoms. The zero-order valence-electron chi connectivity index (χ0n) is 7.13. The lowest BCUT2D eigenvalue weighted by Gasteiger charge is -1.96. The van der Waals surface area contributed by atoms with E-state index in [0.717, 1.165) is 18.4 Å². The summed E-state index contributed by atoms with van der Waals surface area (Å²) in [5.74, 6) is 0.127. The Hall–Kier alpha value is -1.50. The van der Waals surface area contributed by atoms with Gasteiger partial charge in [-0.05, 0) is 18.9 Å². The lowest BCUT2D eigenvalue weighted by Crippen LogP contribution is -1.82. The van der Waals surface area contributed by atoms with Crippen molar-refractivity contribution in [3.05, 3.63) is 11.4 Å². The van der Waals surface area contributed by atoms with Crippen LogP contribution in [-0.2, 0) is 9.59 Å². The standard InChI is InChI=1S/C8H10N2O2/c1-3-4-7(2)8(9-5-11)10-6-12/h3-4H2,1-2H3. The van der Waals surface area contributed by atoms with Crippen LogP contribution >= 0.6 is 0 Å². The fraction of sp³-hybridized carbons (Fsp3) is 0.500. The van der Waals surface area contributed by atoms with Gasteiger partial charge >= 0.3 is 0 Å². The maximum absolute atomic E-state index is 9.88. The Morgan fingerprint density at radius 2 is 1.75 bits per heavy atom. The molecule has 4 heteroatoms. The predicted octanol–water partition coefficient (Wildman–Crippen LogP) is 1.69. The molecular weight excluding hydrogens is 156 g/mol. The van der Waals surface area contributed by atoms with Gasteiger partial charge in [-0.1, -0.05) is 13.3 Å². The van der Waals surface area contributed by atoms with Crippen LogP contribution < -0.4 is 0 Å². The van der Waals surface area contributed by atoms with Crippen molar-refractivity contribution in [2.45, 2.75) is 26.7 Å². The summed E-state index contributed by atoms with van der Waals surface area (Å²) in [6.07, 6.45) is 4.34. The highest BCUT2D eigenvalue weighted by Crippen LogP contribution is 2.11. The van der Waals surface area contributed by atoms with Crippen LogP contribution in [0.3, 0.4) is 0 Å². The molecule has 0 saturated heterocycles. The highest BCUT2D eigenvalue weighted by Gasteiger charge is 1.97. The molecule has 0 atom stereocenters. The molecule has 4 nitrogen and oxygen atoms in total. The Labute approximate surface area is 70.7 Å². The van der Waals surface area contributed by atoms with Crippen LogP contribution in [0.15, 0.2) is 21.4 Å². The van der Waals surface area contributed by atoms with Gasteiger partial charge in [-0.25, -0.2) is 9.59 Å². The molecule has 0 radical (unpaired) electrons. The van der Waals surface area contributed by atoms with Crippen molar-refractivity contribution >= 4 is 12.2 Å². The number of rotatable bonds is 4. The van der Waals surface area contributed by atoms with Crippen molar-refractivity contribution in [2.75, 3.05) is 0 Å². The minimum Gasteiger partial charge on any atom is -0.211 e. The highest BCUT2D eigenvalue weighted by atomic mass is 16.1. The molecule has 0 aliphatic heterocycles. The average molecular weight is 166 g/mol. The molecule has 0 aromatic carbocycles. The topological polar surface area (TPSA) is 58.9 Å². The second-order valence-corrected chi connectivity index (χ2v) is 2.26. The highest BCUT2D eigenvalue weighted by molar-refractivity contribution is 5.42. The molecule has 0 aromatic rings. The number of aliphatic imine (C=N–C) groups is 2. The minimum absolute atomic E-state index is 0.127. The number of hydrogen-bond donors (Lipinski definition) is 0. The van der Waals surface area contributed by atoms with Gasteiger partial charge in [0, 0.05) is 0 Å². The van der Waals surface area contributed by atoms with E-state index in [2.05, 4.69) is 9.98 Å². The van der Waals surface area contributed by atoms with Crippen LogP contribution in [0, 0.1) is 0 Å². The summed E-state index contributed by atoms with van der Waals surface area (Å²) in [4.78, 5) is 26.3. The molecule has 0 fully saturated rings. The monoisotopic (exact) mass is 166 g/mol. The second-order valence-electron chi connectivity index (χ2n) is 2.26. The van der Waals surface area contributed by atoms with Crippen LogP contribution in [0.25, 0.3) is 0 Å². The van der Waals surface area contributed by atoms with Crippen molar-refractivity contribution in [3.8, 4) is 0 Å². The number of nitrogens with zero attached hydrogens (tertiary/aromatic N) is 2. The molecule has 0 rings (SSSR count). The van der Waals surface area contributed by atoms with Crippen LogP contribution in [0.5, 0.6) is 0 Å². The predicted molar refractivity (Wildman–Crippen MR) is 43.9 cm³/mol. The van der Waals surface area contributed by atoms with Crippen molar-refractivity contribution < 1.29 is 9.59 Å². The molecule has 0 bridgehead atoms. The largest absolute Gasteiger partial charge is 0.242 e. The summed E-state index contributed by atoms with van der Waals surface area (Å²) in [5, 5.41) is 0. The molecule has 0 heterocycles.